The maximum Gasteiger partial charge on any atom is 0.335 e. The van der Waals surface area contributed by atoms with Crippen LogP contribution in [0.25, 0.3) is 6.08 Å². The molecule has 1 aromatic carbocycles. The van der Waals surface area contributed by atoms with Gasteiger partial charge in [0.15, 0.2) is 0 Å². The predicted octanol–water partition coefficient (Wildman–Crippen LogP) is 2.44. The van der Waals surface area contributed by atoms with E-state index in [1.807, 2.05) is 0 Å². The van der Waals surface area contributed by atoms with Crippen LogP contribution in [0.15, 0.2) is 37.2 Å². The maximum atomic E-state index is 10.6. The summed E-state index contributed by atoms with van der Waals surface area (Å²) in [6.45, 7) is 5.13. The van der Waals surface area contributed by atoms with Crippen molar-refractivity contribution in [2.45, 2.75) is 6.92 Å². The Bertz CT molecular complexity index is 618. The highest BCUT2D eigenvalue weighted by molar-refractivity contribution is 5.94. The summed E-state index contributed by atoms with van der Waals surface area (Å²) in [6, 6.07) is 4.01. The summed E-state index contributed by atoms with van der Waals surface area (Å²) in [5.74, 6) is -1.41. The lowest BCUT2D eigenvalue weighted by molar-refractivity contribution is 0.0695. The minimum Gasteiger partial charge on any atom is -0.478 e. The maximum absolute atomic E-state index is 10.6. The number of hydrogen-bond acceptors (Lipinski definition) is 3. The van der Waals surface area contributed by atoms with Crippen molar-refractivity contribution in [2.24, 2.45) is 0 Å². The highest BCUT2D eigenvalue weighted by atomic mass is 16.4. The SMILES string of the molecule is C=Cc1ncc[nH]1.Cc1ccc(C(=O)O)cc1C(=O)O. The van der Waals surface area contributed by atoms with Gasteiger partial charge in [0.25, 0.3) is 0 Å². The van der Waals surface area contributed by atoms with Crippen LogP contribution in [-0.4, -0.2) is 32.1 Å². The Hall–Kier alpha value is -2.89. The number of aromatic amines is 1. The molecule has 0 aliphatic heterocycles. The highest BCUT2D eigenvalue weighted by Gasteiger charge is 2.10. The van der Waals surface area contributed by atoms with Gasteiger partial charge < -0.3 is 15.2 Å². The number of rotatable bonds is 3. The first kappa shape index (κ1) is 15.2. The van der Waals surface area contributed by atoms with Crippen LogP contribution in [0.1, 0.15) is 32.1 Å². The summed E-state index contributed by atoms with van der Waals surface area (Å²) in [5, 5.41) is 17.3. The summed E-state index contributed by atoms with van der Waals surface area (Å²) in [6.07, 6.45) is 5.12. The van der Waals surface area contributed by atoms with Crippen LogP contribution in [-0.2, 0) is 0 Å². The van der Waals surface area contributed by atoms with Crippen molar-refractivity contribution in [2.75, 3.05) is 0 Å². The van der Waals surface area contributed by atoms with Crippen LogP contribution in [0, 0.1) is 6.92 Å². The summed E-state index contributed by atoms with van der Waals surface area (Å²) in [7, 11) is 0. The average molecular weight is 274 g/mol. The number of carboxylic acid groups (broad SMARTS) is 2. The van der Waals surface area contributed by atoms with Crippen molar-refractivity contribution in [3.8, 4) is 0 Å². The van der Waals surface area contributed by atoms with Gasteiger partial charge in [0, 0.05) is 12.4 Å². The zero-order valence-electron chi connectivity index (χ0n) is 10.8. The van der Waals surface area contributed by atoms with Crippen LogP contribution in [0.2, 0.25) is 0 Å². The van der Waals surface area contributed by atoms with Crippen LogP contribution in [0.4, 0.5) is 0 Å². The van der Waals surface area contributed by atoms with E-state index in [0.29, 0.717) is 5.56 Å². The molecule has 0 unspecified atom stereocenters. The van der Waals surface area contributed by atoms with Gasteiger partial charge in [-0.2, -0.15) is 0 Å². The largest absolute Gasteiger partial charge is 0.478 e. The number of carboxylic acids is 2. The number of aryl methyl sites for hydroxylation is 1. The molecule has 0 aliphatic rings. The predicted molar refractivity (Wildman–Crippen MR) is 73.8 cm³/mol. The molecule has 0 amide bonds. The molecule has 2 aromatic rings. The third kappa shape index (κ3) is 4.09. The number of imidazole rings is 1. The lowest BCUT2D eigenvalue weighted by atomic mass is 10.1. The number of benzene rings is 1. The molecule has 0 radical (unpaired) electrons. The Morgan fingerprint density at radius 2 is 2.00 bits per heavy atom. The Morgan fingerprint density at radius 3 is 2.40 bits per heavy atom. The highest BCUT2D eigenvalue weighted by Crippen LogP contribution is 2.11. The fourth-order valence-electron chi connectivity index (χ4n) is 1.37. The Balaban J connectivity index is 0.000000240. The molecule has 20 heavy (non-hydrogen) atoms. The average Bonchev–Trinajstić information content (AvgIpc) is 2.92. The molecular formula is C14H14N2O4. The topological polar surface area (TPSA) is 103 Å². The third-order valence-electron chi connectivity index (χ3n) is 2.43. The fraction of sp³-hybridized carbons (Fsp3) is 0.0714. The van der Waals surface area contributed by atoms with Gasteiger partial charge in [-0.25, -0.2) is 14.6 Å². The molecule has 0 spiro atoms. The van der Waals surface area contributed by atoms with Gasteiger partial charge in [-0.3, -0.25) is 0 Å². The van der Waals surface area contributed by atoms with Gasteiger partial charge in [0.1, 0.15) is 5.82 Å². The van der Waals surface area contributed by atoms with Crippen LogP contribution >= 0.6 is 0 Å². The molecule has 6 nitrogen and oxygen atoms in total. The van der Waals surface area contributed by atoms with Gasteiger partial charge in [0.05, 0.1) is 11.1 Å². The molecule has 0 aliphatic carbocycles. The van der Waals surface area contributed by atoms with Crippen molar-refractivity contribution in [3.05, 3.63) is 59.7 Å². The third-order valence-corrected chi connectivity index (χ3v) is 2.43. The number of nitrogens with one attached hydrogen (secondary N) is 1. The van der Waals surface area contributed by atoms with E-state index in [0.717, 1.165) is 11.9 Å². The van der Waals surface area contributed by atoms with E-state index in [-0.39, 0.29) is 11.1 Å². The molecule has 3 N–H and O–H groups in total. The Labute approximate surface area is 115 Å². The normalized spacial score (nSPS) is 9.25. The van der Waals surface area contributed by atoms with E-state index in [1.54, 1.807) is 25.4 Å². The first-order chi connectivity index (χ1) is 9.45. The van der Waals surface area contributed by atoms with Crippen molar-refractivity contribution < 1.29 is 19.8 Å². The quantitative estimate of drug-likeness (QED) is 0.797. The molecule has 1 heterocycles. The summed E-state index contributed by atoms with van der Waals surface area (Å²) < 4.78 is 0. The number of nitrogens with zero attached hydrogens (tertiary/aromatic N) is 1. The zero-order valence-corrected chi connectivity index (χ0v) is 10.8. The number of aromatic nitrogens is 2. The minimum atomic E-state index is -1.12. The molecule has 0 bridgehead atoms. The Kier molecular flexibility index (Phi) is 5.22. The summed E-state index contributed by atoms with van der Waals surface area (Å²) in [5.41, 5.74) is 0.570. The van der Waals surface area contributed by atoms with Gasteiger partial charge in [-0.05, 0) is 30.7 Å². The summed E-state index contributed by atoms with van der Waals surface area (Å²) >= 11 is 0. The van der Waals surface area contributed by atoms with Gasteiger partial charge in [-0.15, -0.1) is 0 Å². The second-order valence-corrected chi connectivity index (χ2v) is 3.82. The van der Waals surface area contributed by atoms with Crippen molar-refractivity contribution in [3.63, 3.8) is 0 Å². The van der Waals surface area contributed by atoms with Crippen molar-refractivity contribution in [1.29, 1.82) is 0 Å². The first-order valence-corrected chi connectivity index (χ1v) is 5.64. The van der Waals surface area contributed by atoms with Crippen LogP contribution in [0.3, 0.4) is 0 Å². The molecule has 0 saturated heterocycles. The standard InChI is InChI=1S/C9H8O4.C5H6N2/c1-5-2-3-6(8(10)11)4-7(5)9(12)13;1-2-5-6-3-4-7-5/h2-4H,1H3,(H,10,11)(H,12,13);2-4H,1H2,(H,6,7). The molecular weight excluding hydrogens is 260 g/mol. The smallest absolute Gasteiger partial charge is 0.335 e. The van der Waals surface area contributed by atoms with Crippen LogP contribution < -0.4 is 0 Å². The van der Waals surface area contributed by atoms with E-state index >= 15 is 0 Å². The first-order valence-electron chi connectivity index (χ1n) is 5.64. The zero-order chi connectivity index (χ0) is 15.1. The molecule has 104 valence electrons. The second kappa shape index (κ2) is 6.89. The van der Waals surface area contributed by atoms with Crippen LogP contribution in [0.5, 0.6) is 0 Å². The number of H-pyrrole nitrogens is 1. The molecule has 0 atom stereocenters. The van der Waals surface area contributed by atoms with E-state index in [9.17, 15) is 9.59 Å². The lowest BCUT2D eigenvalue weighted by Crippen LogP contribution is -2.03. The lowest BCUT2D eigenvalue weighted by Gasteiger charge is -2.01. The van der Waals surface area contributed by atoms with E-state index in [4.69, 9.17) is 10.2 Å². The fourth-order valence-corrected chi connectivity index (χ4v) is 1.37. The van der Waals surface area contributed by atoms with E-state index < -0.39 is 11.9 Å². The molecule has 6 heteroatoms. The van der Waals surface area contributed by atoms with E-state index in [2.05, 4.69) is 16.5 Å². The molecule has 1 aromatic heterocycles. The molecule has 0 saturated carbocycles. The second-order valence-electron chi connectivity index (χ2n) is 3.82. The Morgan fingerprint density at radius 1 is 1.30 bits per heavy atom. The minimum absolute atomic E-state index is 0.0111. The van der Waals surface area contributed by atoms with Gasteiger partial charge in [-0.1, -0.05) is 12.6 Å². The van der Waals surface area contributed by atoms with Gasteiger partial charge in [0.2, 0.25) is 0 Å². The number of aromatic carboxylic acids is 2. The van der Waals surface area contributed by atoms with Crippen molar-refractivity contribution in [1.82, 2.24) is 9.97 Å². The molecule has 0 fully saturated rings. The summed E-state index contributed by atoms with van der Waals surface area (Å²) in [4.78, 5) is 27.8. The number of hydrogen-bond donors (Lipinski definition) is 3. The van der Waals surface area contributed by atoms with Crippen molar-refractivity contribution >= 4 is 18.0 Å². The number of carbonyl (C=O) groups is 2. The monoisotopic (exact) mass is 274 g/mol. The van der Waals surface area contributed by atoms with E-state index in [1.165, 1.54) is 12.1 Å². The van der Waals surface area contributed by atoms with Gasteiger partial charge >= 0.3 is 11.9 Å². The molecule has 2 rings (SSSR count).